The van der Waals surface area contributed by atoms with Crippen LogP contribution in [0.2, 0.25) is 0 Å². The Labute approximate surface area is 232 Å². The Morgan fingerprint density at radius 3 is 2.42 bits per heavy atom. The maximum Gasteiger partial charge on any atom is 0.238 e. The zero-order valence-corrected chi connectivity index (χ0v) is 22.8. The first-order valence-corrected chi connectivity index (χ1v) is 13.9. The highest BCUT2D eigenvalue weighted by molar-refractivity contribution is 6.25. The van der Waals surface area contributed by atoms with Crippen molar-refractivity contribution in [1.29, 1.82) is 0 Å². The number of rotatable bonds is 5. The third-order valence-corrected chi connectivity index (χ3v) is 8.81. The summed E-state index contributed by atoms with van der Waals surface area (Å²) in [7, 11) is 0. The summed E-state index contributed by atoms with van der Waals surface area (Å²) in [6, 6.07) is 12.6. The summed E-state index contributed by atoms with van der Waals surface area (Å²) in [5, 5.41) is 11.3. The van der Waals surface area contributed by atoms with Crippen LogP contribution < -0.4 is 9.64 Å². The fourth-order valence-electron chi connectivity index (χ4n) is 6.92. The average Bonchev–Trinajstić information content (AvgIpc) is 3.21. The largest absolute Gasteiger partial charge is 0.504 e. The number of para-hydroxylation sites is 1. The number of carbonyl (C=O) groups is 4. The lowest BCUT2D eigenvalue weighted by atomic mass is 9.59. The highest BCUT2D eigenvalue weighted by atomic mass is 16.5. The van der Waals surface area contributed by atoms with E-state index in [0.29, 0.717) is 41.0 Å². The first kappa shape index (κ1) is 26.0. The first-order chi connectivity index (χ1) is 19.3. The zero-order valence-electron chi connectivity index (χ0n) is 22.8. The van der Waals surface area contributed by atoms with Crippen molar-refractivity contribution >= 4 is 29.1 Å². The van der Waals surface area contributed by atoms with E-state index in [1.165, 1.54) is 11.0 Å². The summed E-state index contributed by atoms with van der Waals surface area (Å²) in [6.07, 6.45) is 4.69. The quantitative estimate of drug-likeness (QED) is 0.328. The van der Waals surface area contributed by atoms with Crippen LogP contribution in [0.1, 0.15) is 50.7 Å². The second-order valence-electron chi connectivity index (χ2n) is 10.9. The van der Waals surface area contributed by atoms with Gasteiger partial charge in [0.2, 0.25) is 11.8 Å². The molecule has 4 unspecified atom stereocenters. The highest BCUT2D eigenvalue weighted by Crippen LogP contribution is 2.57. The molecule has 1 N–H and O–H groups in total. The second kappa shape index (κ2) is 9.73. The number of phenolic OH excluding ortho intramolecular Hbond substituents is 1. The summed E-state index contributed by atoms with van der Waals surface area (Å²) >= 11 is 0. The molecule has 0 bridgehead atoms. The van der Waals surface area contributed by atoms with Gasteiger partial charge >= 0.3 is 0 Å². The summed E-state index contributed by atoms with van der Waals surface area (Å²) in [5.74, 6) is -3.24. The van der Waals surface area contributed by atoms with Gasteiger partial charge in [0.05, 0.1) is 24.1 Å². The Kier molecular flexibility index (Phi) is 6.32. The van der Waals surface area contributed by atoms with Crippen molar-refractivity contribution in [3.05, 3.63) is 88.0 Å². The van der Waals surface area contributed by atoms with Crippen LogP contribution in [-0.4, -0.2) is 35.1 Å². The topological polar surface area (TPSA) is 101 Å². The minimum atomic E-state index is -0.725. The number of ketones is 2. The van der Waals surface area contributed by atoms with Gasteiger partial charge in [0.15, 0.2) is 23.1 Å². The van der Waals surface area contributed by atoms with Crippen molar-refractivity contribution < 1.29 is 29.0 Å². The van der Waals surface area contributed by atoms with Gasteiger partial charge in [-0.2, -0.15) is 0 Å². The van der Waals surface area contributed by atoms with Crippen LogP contribution >= 0.6 is 0 Å². The van der Waals surface area contributed by atoms with Crippen molar-refractivity contribution in [2.45, 2.75) is 46.0 Å². The van der Waals surface area contributed by atoms with E-state index in [4.69, 9.17) is 4.74 Å². The second-order valence-corrected chi connectivity index (χ2v) is 10.9. The predicted octanol–water partition coefficient (Wildman–Crippen LogP) is 4.99. The minimum Gasteiger partial charge on any atom is -0.504 e. The van der Waals surface area contributed by atoms with Crippen LogP contribution in [0.5, 0.6) is 11.5 Å². The van der Waals surface area contributed by atoms with Crippen LogP contribution in [0.15, 0.2) is 76.9 Å². The summed E-state index contributed by atoms with van der Waals surface area (Å²) in [6.45, 7) is 5.82. The molecule has 7 nitrogen and oxygen atoms in total. The van der Waals surface area contributed by atoms with Gasteiger partial charge in [-0.1, -0.05) is 42.8 Å². The van der Waals surface area contributed by atoms with Gasteiger partial charge in [-0.3, -0.25) is 24.1 Å². The van der Waals surface area contributed by atoms with Crippen LogP contribution in [0, 0.1) is 17.8 Å². The number of fused-ring (bicyclic) bond motifs is 3. The number of imide groups is 1. The molecule has 1 heterocycles. The fourth-order valence-corrected chi connectivity index (χ4v) is 6.92. The number of allylic oxidation sites excluding steroid dienone is 6. The number of Topliss-reactive ketones (excluding diaryl/α,β-unsaturated/α-hetero) is 1. The van der Waals surface area contributed by atoms with Crippen molar-refractivity contribution in [2.24, 2.45) is 17.8 Å². The molecule has 0 saturated carbocycles. The van der Waals surface area contributed by atoms with E-state index in [1.54, 1.807) is 37.3 Å². The summed E-state index contributed by atoms with van der Waals surface area (Å²) in [5.41, 5.74) is 3.94. The number of nitrogens with zero attached hydrogens (tertiary/aromatic N) is 1. The fraction of sp³-hybridized carbons (Fsp3) is 0.333. The van der Waals surface area contributed by atoms with Gasteiger partial charge in [-0.05, 0) is 68.9 Å². The molecule has 204 valence electrons. The number of ether oxygens (including phenoxy) is 1. The van der Waals surface area contributed by atoms with Crippen LogP contribution in [0.25, 0.3) is 0 Å². The minimum absolute atomic E-state index is 0.0946. The molecule has 7 heteroatoms. The number of amides is 2. The molecule has 0 aromatic heterocycles. The number of hydrogen-bond donors (Lipinski definition) is 1. The Hall–Kier alpha value is -4.26. The molecular weight excluding hydrogens is 506 g/mol. The van der Waals surface area contributed by atoms with Crippen molar-refractivity contribution in [2.75, 3.05) is 11.5 Å². The van der Waals surface area contributed by atoms with Gasteiger partial charge in [-0.25, -0.2) is 0 Å². The third-order valence-electron chi connectivity index (χ3n) is 8.81. The zero-order chi connectivity index (χ0) is 28.3. The molecule has 0 radical (unpaired) electrons. The molecule has 0 spiro atoms. The molecule has 3 aliphatic carbocycles. The molecule has 6 rings (SSSR count). The van der Waals surface area contributed by atoms with Gasteiger partial charge in [-0.15, -0.1) is 0 Å². The summed E-state index contributed by atoms with van der Waals surface area (Å²) in [4.78, 5) is 55.8. The van der Waals surface area contributed by atoms with Gasteiger partial charge < -0.3 is 9.84 Å². The Bertz CT molecular complexity index is 1560. The summed E-state index contributed by atoms with van der Waals surface area (Å²) < 4.78 is 5.63. The monoisotopic (exact) mass is 537 g/mol. The van der Waals surface area contributed by atoms with Gasteiger partial charge in [0.25, 0.3) is 0 Å². The number of carbonyl (C=O) groups excluding carboxylic acids is 4. The number of phenols is 1. The molecule has 2 amide bonds. The molecule has 4 aliphatic rings. The maximum atomic E-state index is 14.0. The lowest BCUT2D eigenvalue weighted by molar-refractivity contribution is -0.123. The number of hydrogen-bond acceptors (Lipinski definition) is 6. The average molecular weight is 538 g/mol. The predicted molar refractivity (Wildman–Crippen MR) is 149 cm³/mol. The van der Waals surface area contributed by atoms with E-state index >= 15 is 0 Å². The molecule has 2 aromatic rings. The molecular formula is C33H31NO6. The third kappa shape index (κ3) is 3.79. The molecule has 2 aromatic carbocycles. The van der Waals surface area contributed by atoms with E-state index < -0.39 is 23.7 Å². The Morgan fingerprint density at radius 2 is 1.73 bits per heavy atom. The lowest BCUT2D eigenvalue weighted by Crippen LogP contribution is -2.39. The SMILES string of the molecule is CCOc1cccc(C2C3=CCC4C(=O)N(c5ccc(CC)cc5)C(=O)C4C3CC3=C2C(=O)C=C(C)C3=O)c1O. The Balaban J connectivity index is 1.48. The molecule has 1 aliphatic heterocycles. The normalized spacial score (nSPS) is 25.8. The molecule has 4 atom stereocenters. The van der Waals surface area contributed by atoms with Crippen LogP contribution in [-0.2, 0) is 25.6 Å². The van der Waals surface area contributed by atoms with Crippen molar-refractivity contribution in [3.8, 4) is 11.5 Å². The van der Waals surface area contributed by atoms with Crippen molar-refractivity contribution in [3.63, 3.8) is 0 Å². The molecule has 40 heavy (non-hydrogen) atoms. The molecule has 1 saturated heterocycles. The number of aryl methyl sites for hydroxylation is 1. The highest BCUT2D eigenvalue weighted by Gasteiger charge is 2.56. The smallest absolute Gasteiger partial charge is 0.238 e. The van der Waals surface area contributed by atoms with E-state index in [2.05, 4.69) is 0 Å². The number of benzene rings is 2. The lowest BCUT2D eigenvalue weighted by Gasteiger charge is -2.42. The number of aromatic hydroxyl groups is 1. The molecule has 1 fully saturated rings. The van der Waals surface area contributed by atoms with E-state index in [0.717, 1.165) is 17.6 Å². The first-order valence-electron chi connectivity index (χ1n) is 13.9. The van der Waals surface area contributed by atoms with E-state index in [1.807, 2.05) is 32.1 Å². The maximum absolute atomic E-state index is 14.0. The van der Waals surface area contributed by atoms with Crippen LogP contribution in [0.3, 0.4) is 0 Å². The van der Waals surface area contributed by atoms with E-state index in [-0.39, 0.29) is 41.3 Å². The van der Waals surface area contributed by atoms with Gasteiger partial charge in [0, 0.05) is 28.2 Å². The Morgan fingerprint density at radius 1 is 0.975 bits per heavy atom. The van der Waals surface area contributed by atoms with Crippen molar-refractivity contribution in [1.82, 2.24) is 0 Å². The number of anilines is 1. The van der Waals surface area contributed by atoms with E-state index in [9.17, 15) is 24.3 Å². The van der Waals surface area contributed by atoms with Gasteiger partial charge in [0.1, 0.15) is 0 Å². The standard InChI is InChI=1S/C33H31NO6/c1-4-18-9-11-19(12-10-18)34-32(38)22-14-13-20-23(28(22)33(34)39)16-24-29(25(35)15-17(3)30(24)36)27(20)21-7-6-8-26(31(21)37)40-5-2/h6-13,15,22-23,27-28,37H,4-5,14,16H2,1-3H3. The van der Waals surface area contributed by atoms with Crippen LogP contribution in [0.4, 0.5) is 5.69 Å².